The molecule has 0 spiro atoms. The van der Waals surface area contributed by atoms with E-state index in [9.17, 15) is 25.9 Å². The summed E-state index contributed by atoms with van der Waals surface area (Å²) in [4.78, 5) is -0.414. The third kappa shape index (κ3) is 5.85. The second kappa shape index (κ2) is 9.87. The summed E-state index contributed by atoms with van der Waals surface area (Å²) < 4.78 is 70.8. The van der Waals surface area contributed by atoms with E-state index in [1.807, 2.05) is 26.0 Å². The topological polar surface area (TPSA) is 118 Å². The Morgan fingerprint density at radius 3 is 1.41 bits per heavy atom. The molecular weight excluding hydrogens is 476 g/mol. The van der Waals surface area contributed by atoms with Gasteiger partial charge in [-0.2, -0.15) is 16.8 Å². The molecule has 0 aromatic heterocycles. The second-order valence-electron chi connectivity index (χ2n) is 8.42. The van der Waals surface area contributed by atoms with Crippen molar-refractivity contribution in [3.05, 3.63) is 66.2 Å². The van der Waals surface area contributed by atoms with Crippen LogP contribution in [0.2, 0.25) is 0 Å². The minimum absolute atomic E-state index is 0.180. The molecule has 182 valence electrons. The highest BCUT2D eigenvalue weighted by atomic mass is 32.2. The highest BCUT2D eigenvalue weighted by molar-refractivity contribution is 7.86. The molecule has 0 fully saturated rings. The average Bonchev–Trinajstić information content (AvgIpc) is 2.77. The Labute approximate surface area is 200 Å². The van der Waals surface area contributed by atoms with Crippen LogP contribution in [0.5, 0.6) is 5.75 Å². The lowest BCUT2D eigenvalue weighted by Gasteiger charge is -2.22. The van der Waals surface area contributed by atoms with Gasteiger partial charge in [0.1, 0.15) is 5.75 Å². The fraction of sp³-hybridized carbons (Fsp3) is 0.280. The smallest absolute Gasteiger partial charge is 0.294 e. The summed E-state index contributed by atoms with van der Waals surface area (Å²) in [6.07, 6.45) is 0.702. The highest BCUT2D eigenvalue weighted by Crippen LogP contribution is 2.43. The Kier molecular flexibility index (Phi) is 7.52. The standard InChI is InChI=1S/C25H28O7S2/c1-5-17(4)20-14-23(18-6-10-21(11-7-18)33(26,27)28)25(32-16(2)3)24(15-20)19-8-12-22(13-9-19)34(29,30)31/h6-17H,5H2,1-4H3,(H,26,27,28)(H,29,30,31). The lowest BCUT2D eigenvalue weighted by Crippen LogP contribution is -2.09. The van der Waals surface area contributed by atoms with E-state index in [1.165, 1.54) is 24.3 Å². The van der Waals surface area contributed by atoms with E-state index in [2.05, 4.69) is 13.8 Å². The van der Waals surface area contributed by atoms with Gasteiger partial charge in [0.2, 0.25) is 0 Å². The molecule has 0 aliphatic carbocycles. The quantitative estimate of drug-likeness (QED) is 0.371. The molecule has 2 N–H and O–H groups in total. The van der Waals surface area contributed by atoms with Crippen molar-refractivity contribution in [2.45, 2.75) is 55.9 Å². The molecular formula is C25H28O7S2. The van der Waals surface area contributed by atoms with Crippen molar-refractivity contribution in [2.24, 2.45) is 0 Å². The Morgan fingerprint density at radius 2 is 1.12 bits per heavy atom. The molecule has 9 heteroatoms. The molecule has 0 saturated heterocycles. The van der Waals surface area contributed by atoms with Gasteiger partial charge in [-0.05, 0) is 79.3 Å². The SMILES string of the molecule is CCC(C)c1cc(-c2ccc(S(=O)(=O)O)cc2)c(OC(C)C)c(-c2ccc(S(=O)(=O)O)cc2)c1. The summed E-state index contributed by atoms with van der Waals surface area (Å²) >= 11 is 0. The Bertz CT molecular complexity index is 1280. The van der Waals surface area contributed by atoms with Crippen LogP contribution in [0.1, 0.15) is 45.6 Å². The highest BCUT2D eigenvalue weighted by Gasteiger charge is 2.20. The predicted octanol–water partition coefficient (Wildman–Crippen LogP) is 5.81. The first-order valence-corrected chi connectivity index (χ1v) is 13.7. The van der Waals surface area contributed by atoms with Gasteiger partial charge in [0.25, 0.3) is 20.2 Å². The molecule has 0 radical (unpaired) electrons. The molecule has 3 rings (SSSR count). The van der Waals surface area contributed by atoms with Crippen molar-refractivity contribution < 1.29 is 30.7 Å². The molecule has 7 nitrogen and oxygen atoms in total. The first-order valence-electron chi connectivity index (χ1n) is 10.8. The molecule has 0 aliphatic rings. The van der Waals surface area contributed by atoms with Gasteiger partial charge in [-0.15, -0.1) is 0 Å². The summed E-state index contributed by atoms with van der Waals surface area (Å²) in [7, 11) is -8.65. The summed E-state index contributed by atoms with van der Waals surface area (Å²) in [5.74, 6) is 0.765. The van der Waals surface area contributed by atoms with Crippen LogP contribution in [0.25, 0.3) is 22.3 Å². The molecule has 0 aliphatic heterocycles. The van der Waals surface area contributed by atoms with E-state index in [-0.39, 0.29) is 21.8 Å². The molecule has 1 atom stereocenters. The number of hydrogen-bond acceptors (Lipinski definition) is 5. The van der Waals surface area contributed by atoms with Crippen LogP contribution in [0.3, 0.4) is 0 Å². The van der Waals surface area contributed by atoms with Gasteiger partial charge in [0.15, 0.2) is 0 Å². The molecule has 0 heterocycles. The number of ether oxygens (including phenoxy) is 1. The predicted molar refractivity (Wildman–Crippen MR) is 131 cm³/mol. The van der Waals surface area contributed by atoms with Crippen molar-refractivity contribution in [2.75, 3.05) is 0 Å². The summed E-state index contributed by atoms with van der Waals surface area (Å²) in [5, 5.41) is 0. The van der Waals surface area contributed by atoms with Crippen LogP contribution in [0, 0.1) is 0 Å². The lowest BCUT2D eigenvalue weighted by molar-refractivity contribution is 0.244. The molecule has 0 saturated carbocycles. The molecule has 1 unspecified atom stereocenters. The Morgan fingerprint density at radius 1 is 0.735 bits per heavy atom. The summed E-state index contributed by atoms with van der Waals surface area (Å²) in [6, 6.07) is 15.8. The third-order valence-electron chi connectivity index (χ3n) is 5.57. The van der Waals surface area contributed by atoms with E-state index in [0.29, 0.717) is 16.9 Å². The van der Waals surface area contributed by atoms with Crippen LogP contribution < -0.4 is 4.74 Å². The van der Waals surface area contributed by atoms with Crippen molar-refractivity contribution in [3.63, 3.8) is 0 Å². The number of benzene rings is 3. The maximum absolute atomic E-state index is 11.5. The monoisotopic (exact) mass is 504 g/mol. The second-order valence-corrected chi connectivity index (χ2v) is 11.3. The van der Waals surface area contributed by atoms with Crippen molar-refractivity contribution in [1.82, 2.24) is 0 Å². The van der Waals surface area contributed by atoms with Gasteiger partial charge in [-0.1, -0.05) is 38.1 Å². The van der Waals surface area contributed by atoms with Crippen molar-refractivity contribution in [3.8, 4) is 28.0 Å². The normalized spacial score (nSPS) is 13.1. The Hall–Kier alpha value is -2.72. The molecule has 3 aromatic carbocycles. The fourth-order valence-corrected chi connectivity index (χ4v) is 4.54. The van der Waals surface area contributed by atoms with Crippen LogP contribution >= 0.6 is 0 Å². The molecule has 0 amide bonds. The average molecular weight is 505 g/mol. The number of hydrogen-bond donors (Lipinski definition) is 2. The van der Waals surface area contributed by atoms with E-state index >= 15 is 0 Å². The van der Waals surface area contributed by atoms with Gasteiger partial charge in [0.05, 0.1) is 15.9 Å². The summed E-state index contributed by atoms with van der Waals surface area (Å²) in [6.45, 7) is 7.94. The first-order chi connectivity index (χ1) is 15.8. The van der Waals surface area contributed by atoms with Gasteiger partial charge in [-0.3, -0.25) is 9.11 Å². The third-order valence-corrected chi connectivity index (χ3v) is 7.31. The first kappa shape index (κ1) is 25.9. The van der Waals surface area contributed by atoms with Gasteiger partial charge in [0, 0.05) is 11.1 Å². The summed E-state index contributed by atoms with van der Waals surface area (Å²) in [5.41, 5.74) is 3.90. The van der Waals surface area contributed by atoms with E-state index in [0.717, 1.165) is 23.1 Å². The zero-order valence-electron chi connectivity index (χ0n) is 19.4. The van der Waals surface area contributed by atoms with Gasteiger partial charge < -0.3 is 4.74 Å². The van der Waals surface area contributed by atoms with Crippen LogP contribution in [0.4, 0.5) is 0 Å². The van der Waals surface area contributed by atoms with E-state index in [4.69, 9.17) is 4.74 Å². The number of rotatable bonds is 8. The van der Waals surface area contributed by atoms with E-state index < -0.39 is 20.2 Å². The lowest BCUT2D eigenvalue weighted by atomic mass is 9.89. The Balaban J connectivity index is 2.29. The zero-order valence-corrected chi connectivity index (χ0v) is 21.0. The molecule has 34 heavy (non-hydrogen) atoms. The van der Waals surface area contributed by atoms with E-state index in [1.54, 1.807) is 24.3 Å². The maximum Gasteiger partial charge on any atom is 0.294 e. The van der Waals surface area contributed by atoms with Crippen molar-refractivity contribution >= 4 is 20.2 Å². The van der Waals surface area contributed by atoms with Crippen LogP contribution in [-0.4, -0.2) is 32.0 Å². The maximum atomic E-state index is 11.5. The largest absolute Gasteiger partial charge is 0.490 e. The molecule has 0 bridgehead atoms. The van der Waals surface area contributed by atoms with Gasteiger partial charge in [-0.25, -0.2) is 0 Å². The van der Waals surface area contributed by atoms with Crippen LogP contribution in [-0.2, 0) is 20.2 Å². The van der Waals surface area contributed by atoms with Crippen molar-refractivity contribution in [1.29, 1.82) is 0 Å². The van der Waals surface area contributed by atoms with Gasteiger partial charge >= 0.3 is 0 Å². The van der Waals surface area contributed by atoms with Crippen LogP contribution in [0.15, 0.2) is 70.5 Å². The molecule has 3 aromatic rings. The minimum Gasteiger partial charge on any atom is -0.490 e. The fourth-order valence-electron chi connectivity index (χ4n) is 3.58. The zero-order chi connectivity index (χ0) is 25.3. The minimum atomic E-state index is -4.32.